The number of hydrogen-bond donors (Lipinski definition) is 0. The van der Waals surface area contributed by atoms with Crippen LogP contribution in [0.15, 0.2) is 22.7 Å². The molecule has 1 aromatic carbocycles. The third-order valence-electron chi connectivity index (χ3n) is 1.61. The molecule has 1 rings (SSSR count). The third kappa shape index (κ3) is 4.63. The highest BCUT2D eigenvalue weighted by Gasteiger charge is 2.04. The second-order valence-corrected chi connectivity index (χ2v) is 5.53. The van der Waals surface area contributed by atoms with E-state index in [0.717, 1.165) is 16.3 Å². The Hall–Kier alpha value is -0.590. The first-order valence-electron chi connectivity index (χ1n) is 4.08. The van der Waals surface area contributed by atoms with Crippen LogP contribution < -0.4 is 4.74 Å². The Morgan fingerprint density at radius 3 is 2.53 bits per heavy atom. The molecule has 84 valence electrons. The molecule has 0 unspecified atom stereocenters. The van der Waals surface area contributed by atoms with E-state index in [-0.39, 0.29) is 6.61 Å². The zero-order chi connectivity index (χ0) is 11.5. The van der Waals surface area contributed by atoms with E-state index in [2.05, 4.69) is 20.1 Å². The van der Waals surface area contributed by atoms with E-state index >= 15 is 0 Å². The lowest BCUT2D eigenvalue weighted by atomic mass is 10.2. The van der Waals surface area contributed by atoms with E-state index < -0.39 is 10.1 Å². The van der Waals surface area contributed by atoms with Gasteiger partial charge >= 0.3 is 0 Å². The first-order chi connectivity index (χ1) is 6.90. The van der Waals surface area contributed by atoms with Crippen molar-refractivity contribution in [1.29, 1.82) is 0 Å². The maximum atomic E-state index is 10.8. The van der Waals surface area contributed by atoms with E-state index in [9.17, 15) is 8.42 Å². The van der Waals surface area contributed by atoms with Crippen molar-refractivity contribution in [3.8, 4) is 5.75 Å². The number of benzene rings is 1. The van der Waals surface area contributed by atoms with E-state index in [4.69, 9.17) is 4.74 Å². The fraction of sp³-hybridized carbons (Fsp3) is 0.333. The Labute approximate surface area is 97.5 Å². The van der Waals surface area contributed by atoms with Gasteiger partial charge in [-0.25, -0.2) is 0 Å². The molecular weight excluding hydrogens is 284 g/mol. The molecule has 0 N–H and O–H groups in total. The maximum absolute atomic E-state index is 10.8. The van der Waals surface area contributed by atoms with Crippen molar-refractivity contribution in [1.82, 2.24) is 0 Å². The van der Waals surface area contributed by atoms with Crippen LogP contribution in [-0.4, -0.2) is 21.8 Å². The van der Waals surface area contributed by atoms with Gasteiger partial charge in [0.25, 0.3) is 10.1 Å². The van der Waals surface area contributed by atoms with Crippen LogP contribution >= 0.6 is 15.9 Å². The van der Waals surface area contributed by atoms with Gasteiger partial charge in [-0.2, -0.15) is 8.42 Å². The van der Waals surface area contributed by atoms with Crippen LogP contribution in [0.3, 0.4) is 0 Å². The summed E-state index contributed by atoms with van der Waals surface area (Å²) in [7, 11) is -1.87. The standard InChI is InChI=1S/C9H11BrO4S/c1-13-9-4-7(3-8(10)5-9)6-14-15(2,11)12/h3-5H,6H2,1-2H3. The van der Waals surface area contributed by atoms with Gasteiger partial charge in [0.1, 0.15) is 5.75 Å². The lowest BCUT2D eigenvalue weighted by Crippen LogP contribution is -2.02. The predicted octanol–water partition coefficient (Wildman–Crippen LogP) is 1.93. The Balaban J connectivity index is 2.81. The molecular formula is C9H11BrO4S. The molecule has 6 heteroatoms. The smallest absolute Gasteiger partial charge is 0.264 e. The predicted molar refractivity (Wildman–Crippen MR) is 60.3 cm³/mol. The van der Waals surface area contributed by atoms with Crippen LogP contribution in [0, 0.1) is 0 Å². The van der Waals surface area contributed by atoms with Crippen LogP contribution in [0.25, 0.3) is 0 Å². The fourth-order valence-electron chi connectivity index (χ4n) is 0.997. The zero-order valence-electron chi connectivity index (χ0n) is 8.36. The van der Waals surface area contributed by atoms with Crippen LogP contribution in [-0.2, 0) is 20.9 Å². The Morgan fingerprint density at radius 1 is 1.33 bits per heavy atom. The van der Waals surface area contributed by atoms with Gasteiger partial charge in [-0.05, 0) is 23.8 Å². The summed E-state index contributed by atoms with van der Waals surface area (Å²) >= 11 is 3.29. The van der Waals surface area contributed by atoms with E-state index in [1.54, 1.807) is 25.3 Å². The van der Waals surface area contributed by atoms with E-state index in [1.807, 2.05) is 0 Å². The lowest BCUT2D eigenvalue weighted by Gasteiger charge is -2.05. The van der Waals surface area contributed by atoms with Crippen molar-refractivity contribution in [3.05, 3.63) is 28.2 Å². The van der Waals surface area contributed by atoms with Gasteiger partial charge in [0.15, 0.2) is 0 Å². The molecule has 0 spiro atoms. The number of hydrogen-bond acceptors (Lipinski definition) is 4. The summed E-state index contributed by atoms with van der Waals surface area (Å²) in [4.78, 5) is 0. The first kappa shape index (κ1) is 12.5. The fourth-order valence-corrected chi connectivity index (χ4v) is 1.87. The van der Waals surface area contributed by atoms with Gasteiger partial charge < -0.3 is 4.74 Å². The molecule has 0 bridgehead atoms. The molecule has 0 aliphatic carbocycles. The van der Waals surface area contributed by atoms with Gasteiger partial charge in [-0.1, -0.05) is 15.9 Å². The molecule has 15 heavy (non-hydrogen) atoms. The molecule has 0 atom stereocenters. The summed E-state index contributed by atoms with van der Waals surface area (Å²) < 4.78 is 32.1. The minimum absolute atomic E-state index is 0.00856. The highest BCUT2D eigenvalue weighted by Crippen LogP contribution is 2.21. The lowest BCUT2D eigenvalue weighted by molar-refractivity contribution is 0.310. The first-order valence-corrected chi connectivity index (χ1v) is 6.69. The molecule has 0 aliphatic rings. The second kappa shape index (κ2) is 4.96. The molecule has 0 saturated heterocycles. The largest absolute Gasteiger partial charge is 0.497 e. The Kier molecular flexibility index (Phi) is 4.12. The van der Waals surface area contributed by atoms with Crippen molar-refractivity contribution >= 4 is 26.0 Å². The van der Waals surface area contributed by atoms with Crippen molar-refractivity contribution < 1.29 is 17.3 Å². The van der Waals surface area contributed by atoms with Crippen molar-refractivity contribution in [3.63, 3.8) is 0 Å². The number of methoxy groups -OCH3 is 1. The summed E-state index contributed by atoms with van der Waals surface area (Å²) in [6.45, 7) is 0.00856. The minimum Gasteiger partial charge on any atom is -0.497 e. The topological polar surface area (TPSA) is 52.6 Å². The van der Waals surface area contributed by atoms with Crippen molar-refractivity contribution in [2.24, 2.45) is 0 Å². The summed E-state index contributed by atoms with van der Waals surface area (Å²) in [6.07, 6.45) is 1.02. The molecule has 0 radical (unpaired) electrons. The summed E-state index contributed by atoms with van der Waals surface area (Å²) in [5, 5.41) is 0. The molecule has 0 aliphatic heterocycles. The molecule has 1 aromatic rings. The SMILES string of the molecule is COc1cc(Br)cc(COS(C)(=O)=O)c1. The van der Waals surface area contributed by atoms with Gasteiger partial charge in [-0.3, -0.25) is 4.18 Å². The molecule has 0 heterocycles. The second-order valence-electron chi connectivity index (χ2n) is 2.97. The monoisotopic (exact) mass is 294 g/mol. The maximum Gasteiger partial charge on any atom is 0.264 e. The van der Waals surface area contributed by atoms with E-state index in [1.165, 1.54) is 0 Å². The highest BCUT2D eigenvalue weighted by atomic mass is 79.9. The van der Waals surface area contributed by atoms with Crippen LogP contribution in [0.4, 0.5) is 0 Å². The van der Waals surface area contributed by atoms with Gasteiger partial charge in [0.05, 0.1) is 20.0 Å². The van der Waals surface area contributed by atoms with Crippen LogP contribution in [0.1, 0.15) is 5.56 Å². The molecule has 0 saturated carbocycles. The van der Waals surface area contributed by atoms with Crippen molar-refractivity contribution in [2.45, 2.75) is 6.61 Å². The van der Waals surface area contributed by atoms with Crippen molar-refractivity contribution in [2.75, 3.05) is 13.4 Å². The third-order valence-corrected chi connectivity index (χ3v) is 2.61. The van der Waals surface area contributed by atoms with Crippen LogP contribution in [0.5, 0.6) is 5.75 Å². The Morgan fingerprint density at radius 2 is 2.00 bits per heavy atom. The molecule has 0 amide bonds. The number of rotatable bonds is 4. The molecule has 0 aromatic heterocycles. The molecule has 4 nitrogen and oxygen atoms in total. The average molecular weight is 295 g/mol. The van der Waals surface area contributed by atoms with Gasteiger partial charge in [0.2, 0.25) is 0 Å². The summed E-state index contributed by atoms with van der Waals surface area (Å²) in [6, 6.07) is 5.27. The normalized spacial score (nSPS) is 11.4. The van der Waals surface area contributed by atoms with Gasteiger partial charge in [-0.15, -0.1) is 0 Å². The van der Waals surface area contributed by atoms with Gasteiger partial charge in [0, 0.05) is 4.47 Å². The quantitative estimate of drug-likeness (QED) is 0.797. The van der Waals surface area contributed by atoms with Crippen LogP contribution in [0.2, 0.25) is 0 Å². The minimum atomic E-state index is -3.41. The average Bonchev–Trinajstić information content (AvgIpc) is 2.13. The number of halogens is 1. The summed E-state index contributed by atoms with van der Waals surface area (Å²) in [5.41, 5.74) is 0.728. The highest BCUT2D eigenvalue weighted by molar-refractivity contribution is 9.10. The summed E-state index contributed by atoms with van der Waals surface area (Å²) in [5.74, 6) is 0.650. The zero-order valence-corrected chi connectivity index (χ0v) is 10.8. The number of ether oxygens (including phenoxy) is 1. The molecule has 0 fully saturated rings. The van der Waals surface area contributed by atoms with E-state index in [0.29, 0.717) is 5.75 Å². The Bertz CT molecular complexity index is 441.